The zero-order chi connectivity index (χ0) is 16.8. The van der Waals surface area contributed by atoms with E-state index in [0.29, 0.717) is 5.56 Å². The van der Waals surface area contributed by atoms with Gasteiger partial charge in [0.2, 0.25) is 0 Å². The van der Waals surface area contributed by atoms with Crippen LogP contribution in [0.15, 0.2) is 48.5 Å². The predicted octanol–water partition coefficient (Wildman–Crippen LogP) is 2.20. The topological polar surface area (TPSA) is 61.4 Å². The third kappa shape index (κ3) is 4.85. The zero-order valence-corrected chi connectivity index (χ0v) is 13.6. The van der Waals surface area contributed by atoms with Crippen LogP contribution in [0, 0.1) is 13.8 Å². The number of hydrazine groups is 1. The third-order valence-corrected chi connectivity index (χ3v) is 3.33. The number of aryl methyl sites for hydroxylation is 2. The first-order chi connectivity index (χ1) is 11.0. The van der Waals surface area contributed by atoms with Crippen molar-refractivity contribution in [2.45, 2.75) is 13.8 Å². The maximum absolute atomic E-state index is 12.1. The second kappa shape index (κ2) is 7.45. The van der Waals surface area contributed by atoms with Crippen molar-refractivity contribution in [1.29, 1.82) is 0 Å². The quantitative estimate of drug-likeness (QED) is 0.832. The SMILES string of the molecule is Cc1cc(C)cc(C(=O)NCC(=O)NN(C)c2ccccc2)c1. The van der Waals surface area contributed by atoms with E-state index < -0.39 is 0 Å². The summed E-state index contributed by atoms with van der Waals surface area (Å²) >= 11 is 0. The molecular formula is C18H21N3O2. The summed E-state index contributed by atoms with van der Waals surface area (Å²) in [5, 5.41) is 4.25. The van der Waals surface area contributed by atoms with Gasteiger partial charge in [0.1, 0.15) is 0 Å². The number of carbonyl (C=O) groups is 2. The molecule has 0 saturated heterocycles. The molecule has 0 unspecified atom stereocenters. The molecule has 0 aromatic heterocycles. The molecule has 5 nitrogen and oxygen atoms in total. The normalized spacial score (nSPS) is 10.0. The first-order valence-electron chi connectivity index (χ1n) is 7.40. The molecule has 0 atom stereocenters. The Bertz CT molecular complexity index is 678. The molecule has 0 radical (unpaired) electrons. The van der Waals surface area contributed by atoms with Gasteiger partial charge in [-0.25, -0.2) is 0 Å². The highest BCUT2D eigenvalue weighted by Gasteiger charge is 2.10. The highest BCUT2D eigenvalue weighted by molar-refractivity contribution is 5.96. The van der Waals surface area contributed by atoms with E-state index in [0.717, 1.165) is 16.8 Å². The van der Waals surface area contributed by atoms with Gasteiger partial charge in [0.15, 0.2) is 0 Å². The van der Waals surface area contributed by atoms with E-state index in [4.69, 9.17) is 0 Å². The van der Waals surface area contributed by atoms with Crippen molar-refractivity contribution < 1.29 is 9.59 Å². The third-order valence-electron chi connectivity index (χ3n) is 3.33. The Hall–Kier alpha value is -2.82. The van der Waals surface area contributed by atoms with Crippen LogP contribution in [0.4, 0.5) is 5.69 Å². The highest BCUT2D eigenvalue weighted by Crippen LogP contribution is 2.09. The van der Waals surface area contributed by atoms with Crippen molar-refractivity contribution in [3.05, 3.63) is 65.2 Å². The van der Waals surface area contributed by atoms with Crippen molar-refractivity contribution in [1.82, 2.24) is 10.7 Å². The molecule has 0 spiro atoms. The molecule has 120 valence electrons. The lowest BCUT2D eigenvalue weighted by Crippen LogP contribution is -2.45. The summed E-state index contributed by atoms with van der Waals surface area (Å²) in [6, 6.07) is 15.1. The number of carbonyl (C=O) groups excluding carboxylic acids is 2. The minimum absolute atomic E-state index is 0.0804. The lowest BCUT2D eigenvalue weighted by Gasteiger charge is -2.20. The van der Waals surface area contributed by atoms with Gasteiger partial charge in [-0.05, 0) is 38.1 Å². The van der Waals surface area contributed by atoms with Gasteiger partial charge in [-0.15, -0.1) is 0 Å². The Morgan fingerprint density at radius 1 is 1.00 bits per heavy atom. The second-order valence-corrected chi connectivity index (χ2v) is 5.49. The maximum atomic E-state index is 12.1. The first kappa shape index (κ1) is 16.5. The Kier molecular flexibility index (Phi) is 5.36. The highest BCUT2D eigenvalue weighted by atomic mass is 16.2. The number of amides is 2. The summed E-state index contributed by atoms with van der Waals surface area (Å²) in [7, 11) is 1.75. The van der Waals surface area contributed by atoms with Crippen molar-refractivity contribution in [3.63, 3.8) is 0 Å². The number of benzene rings is 2. The summed E-state index contributed by atoms with van der Waals surface area (Å²) in [5.41, 5.74) is 6.16. The molecule has 2 aromatic carbocycles. The fourth-order valence-electron chi connectivity index (χ4n) is 2.31. The molecule has 2 N–H and O–H groups in total. The molecule has 0 aliphatic rings. The molecule has 0 bridgehead atoms. The molecule has 2 amide bonds. The van der Waals surface area contributed by atoms with Gasteiger partial charge in [0, 0.05) is 12.6 Å². The summed E-state index contributed by atoms with van der Waals surface area (Å²) in [6.07, 6.45) is 0. The largest absolute Gasteiger partial charge is 0.343 e. The van der Waals surface area contributed by atoms with Gasteiger partial charge in [0.25, 0.3) is 11.8 Å². The van der Waals surface area contributed by atoms with Crippen LogP contribution in [0.3, 0.4) is 0 Å². The maximum Gasteiger partial charge on any atom is 0.257 e. The van der Waals surface area contributed by atoms with E-state index in [2.05, 4.69) is 10.7 Å². The van der Waals surface area contributed by atoms with Gasteiger partial charge in [-0.2, -0.15) is 0 Å². The summed E-state index contributed by atoms with van der Waals surface area (Å²) < 4.78 is 0. The van der Waals surface area contributed by atoms with Gasteiger partial charge in [-0.1, -0.05) is 35.4 Å². The van der Waals surface area contributed by atoms with E-state index >= 15 is 0 Å². The van der Waals surface area contributed by atoms with Crippen LogP contribution >= 0.6 is 0 Å². The molecule has 23 heavy (non-hydrogen) atoms. The lowest BCUT2D eigenvalue weighted by molar-refractivity contribution is -0.120. The number of anilines is 1. The van der Waals surface area contributed by atoms with Gasteiger partial charge in [-0.3, -0.25) is 20.0 Å². The van der Waals surface area contributed by atoms with Crippen LogP contribution in [0.2, 0.25) is 0 Å². The minimum Gasteiger partial charge on any atom is -0.343 e. The Labute approximate surface area is 136 Å². The van der Waals surface area contributed by atoms with Gasteiger partial charge >= 0.3 is 0 Å². The molecule has 0 fully saturated rings. The molecule has 2 rings (SSSR count). The van der Waals surface area contributed by atoms with Crippen LogP contribution < -0.4 is 15.8 Å². The van der Waals surface area contributed by atoms with Gasteiger partial charge < -0.3 is 5.32 Å². The van der Waals surface area contributed by atoms with Crippen molar-refractivity contribution >= 4 is 17.5 Å². The second-order valence-electron chi connectivity index (χ2n) is 5.49. The lowest BCUT2D eigenvalue weighted by atomic mass is 10.1. The fourth-order valence-corrected chi connectivity index (χ4v) is 2.31. The molecular weight excluding hydrogens is 290 g/mol. The number of hydrogen-bond donors (Lipinski definition) is 2. The van der Waals surface area contributed by atoms with Crippen LogP contribution in [0.5, 0.6) is 0 Å². The Morgan fingerprint density at radius 3 is 2.22 bits per heavy atom. The predicted molar refractivity (Wildman–Crippen MR) is 91.2 cm³/mol. The van der Waals surface area contributed by atoms with Crippen molar-refractivity contribution in [3.8, 4) is 0 Å². The number of nitrogens with one attached hydrogen (secondary N) is 2. The average Bonchev–Trinajstić information content (AvgIpc) is 2.52. The van der Waals surface area contributed by atoms with Gasteiger partial charge in [0.05, 0.1) is 12.2 Å². The number of hydrogen-bond acceptors (Lipinski definition) is 3. The van der Waals surface area contributed by atoms with E-state index in [-0.39, 0.29) is 18.4 Å². The average molecular weight is 311 g/mol. The van der Waals surface area contributed by atoms with Crippen molar-refractivity contribution in [2.75, 3.05) is 18.6 Å². The number of rotatable bonds is 5. The molecule has 5 heteroatoms. The van der Waals surface area contributed by atoms with Crippen molar-refractivity contribution in [2.24, 2.45) is 0 Å². The minimum atomic E-state index is -0.283. The molecule has 0 heterocycles. The van der Waals surface area contributed by atoms with Crippen LogP contribution in [0.25, 0.3) is 0 Å². The number of nitrogens with zero attached hydrogens (tertiary/aromatic N) is 1. The number of para-hydroxylation sites is 1. The molecule has 0 saturated carbocycles. The fraction of sp³-hybridized carbons (Fsp3) is 0.222. The van der Waals surface area contributed by atoms with E-state index in [9.17, 15) is 9.59 Å². The Morgan fingerprint density at radius 2 is 1.61 bits per heavy atom. The van der Waals surface area contributed by atoms with Crippen LogP contribution in [-0.4, -0.2) is 25.4 Å². The van der Waals surface area contributed by atoms with Crippen LogP contribution in [0.1, 0.15) is 21.5 Å². The summed E-state index contributed by atoms with van der Waals surface area (Å²) in [4.78, 5) is 24.0. The van der Waals surface area contributed by atoms with E-state index in [1.54, 1.807) is 24.2 Å². The summed E-state index contributed by atoms with van der Waals surface area (Å²) in [6.45, 7) is 3.79. The monoisotopic (exact) mass is 311 g/mol. The smallest absolute Gasteiger partial charge is 0.257 e. The first-order valence-corrected chi connectivity index (χ1v) is 7.40. The summed E-state index contributed by atoms with van der Waals surface area (Å²) in [5.74, 6) is -0.539. The molecule has 0 aliphatic carbocycles. The Balaban J connectivity index is 1.87. The van der Waals surface area contributed by atoms with Crippen LogP contribution in [-0.2, 0) is 4.79 Å². The van der Waals surface area contributed by atoms with E-state index in [1.165, 1.54) is 0 Å². The standard InChI is InChI=1S/C18H21N3O2/c1-13-9-14(2)11-15(10-13)18(23)19-12-17(22)20-21(3)16-7-5-4-6-8-16/h4-11H,12H2,1-3H3,(H,19,23)(H,20,22). The molecule has 2 aromatic rings. The van der Waals surface area contributed by atoms with E-state index in [1.807, 2.05) is 50.2 Å². The molecule has 0 aliphatic heterocycles. The zero-order valence-electron chi connectivity index (χ0n) is 13.6.